The lowest BCUT2D eigenvalue weighted by Gasteiger charge is -2.17. The molecule has 11 nitrogen and oxygen atoms in total. The third-order valence-electron chi connectivity index (χ3n) is 4.31. The topological polar surface area (TPSA) is 124 Å². The van der Waals surface area contributed by atoms with E-state index in [1.807, 2.05) is 6.92 Å². The van der Waals surface area contributed by atoms with Crippen LogP contribution in [0.5, 0.6) is 0 Å². The van der Waals surface area contributed by atoms with Crippen molar-refractivity contribution in [2.45, 2.75) is 12.8 Å². The summed E-state index contributed by atoms with van der Waals surface area (Å²) in [6.45, 7) is 2.36. The van der Waals surface area contributed by atoms with Gasteiger partial charge < -0.3 is 15.4 Å². The average Bonchev–Trinajstić information content (AvgIpc) is 3.37. The normalized spacial score (nSPS) is 12.1. The van der Waals surface area contributed by atoms with Crippen molar-refractivity contribution >= 4 is 46.3 Å². The van der Waals surface area contributed by atoms with Crippen LogP contribution in [-0.4, -0.2) is 54.3 Å². The van der Waals surface area contributed by atoms with Gasteiger partial charge in [-0.3, -0.25) is 0 Å². The zero-order valence-corrected chi connectivity index (χ0v) is 18.0. The van der Waals surface area contributed by atoms with E-state index in [-0.39, 0.29) is 10.9 Å². The Kier molecular flexibility index (Phi) is 5.98. The number of carbonyl (C=O) groups excluding carboxylic acids is 1. The van der Waals surface area contributed by atoms with E-state index in [1.54, 1.807) is 30.0 Å². The number of hydrogen-bond acceptors (Lipinski definition) is 7. The monoisotopic (exact) mass is 461 g/mol. The van der Waals surface area contributed by atoms with Crippen molar-refractivity contribution in [2.24, 2.45) is 0 Å². The van der Waals surface area contributed by atoms with E-state index in [1.165, 1.54) is 23.4 Å². The molecule has 4 rings (SSSR count). The van der Waals surface area contributed by atoms with E-state index in [0.29, 0.717) is 40.3 Å². The molecule has 0 spiro atoms. The lowest BCUT2D eigenvalue weighted by molar-refractivity contribution is 0.182. The van der Waals surface area contributed by atoms with Crippen LogP contribution in [0.1, 0.15) is 18.5 Å². The Balaban J connectivity index is 1.57. The summed E-state index contributed by atoms with van der Waals surface area (Å²) >= 11 is 12.3. The number of rotatable bonds is 6. The summed E-state index contributed by atoms with van der Waals surface area (Å²) in [6.07, 6.45) is 6.02. The van der Waals surface area contributed by atoms with Crippen LogP contribution in [-0.2, 0) is 4.74 Å². The summed E-state index contributed by atoms with van der Waals surface area (Å²) < 4.78 is 6.86. The first kappa shape index (κ1) is 21.0. The van der Waals surface area contributed by atoms with Gasteiger partial charge >= 0.3 is 6.03 Å². The van der Waals surface area contributed by atoms with Crippen molar-refractivity contribution in [2.75, 3.05) is 24.4 Å². The van der Waals surface area contributed by atoms with Crippen LogP contribution in [0, 0.1) is 0 Å². The molecule has 0 bridgehead atoms. The molecule has 2 amide bonds. The number of aromatic nitrogens is 7. The Labute approximate surface area is 186 Å². The van der Waals surface area contributed by atoms with Crippen LogP contribution in [0.25, 0.3) is 11.5 Å². The molecule has 4 heterocycles. The van der Waals surface area contributed by atoms with E-state index in [2.05, 4.69) is 35.9 Å². The van der Waals surface area contributed by atoms with E-state index in [0.717, 1.165) is 0 Å². The first-order valence-electron chi connectivity index (χ1n) is 9.09. The minimum Gasteiger partial charge on any atom is -0.384 e. The van der Waals surface area contributed by atoms with Gasteiger partial charge in [-0.25, -0.2) is 19.3 Å². The first-order valence-corrected chi connectivity index (χ1v) is 9.85. The fourth-order valence-corrected chi connectivity index (χ4v) is 3.49. The molecule has 0 fully saturated rings. The Morgan fingerprint density at radius 2 is 1.94 bits per heavy atom. The number of fused-ring (bicyclic) bond motifs is 1. The van der Waals surface area contributed by atoms with Gasteiger partial charge in [0.05, 0.1) is 53.5 Å². The second-order valence-electron chi connectivity index (χ2n) is 6.58. The second kappa shape index (κ2) is 8.84. The number of ether oxygens (including phenoxy) is 1. The molecular formula is C18H17Cl2N9O2. The fourth-order valence-electron chi connectivity index (χ4n) is 3.08. The van der Waals surface area contributed by atoms with Crippen molar-refractivity contribution in [1.82, 2.24) is 34.6 Å². The second-order valence-corrected chi connectivity index (χ2v) is 7.37. The molecule has 0 saturated carbocycles. The highest BCUT2D eigenvalue weighted by atomic mass is 35.5. The van der Waals surface area contributed by atoms with Gasteiger partial charge in [0.25, 0.3) is 0 Å². The number of methoxy groups -OCH3 is 1. The number of halogens is 2. The summed E-state index contributed by atoms with van der Waals surface area (Å²) in [5.41, 5.74) is 2.12. The van der Waals surface area contributed by atoms with Crippen LogP contribution < -0.4 is 10.6 Å². The molecule has 0 saturated heterocycles. The Morgan fingerprint density at radius 1 is 1.16 bits per heavy atom. The maximum atomic E-state index is 12.6. The molecule has 0 aliphatic carbocycles. The summed E-state index contributed by atoms with van der Waals surface area (Å²) in [5.74, 6) is 0.247. The van der Waals surface area contributed by atoms with Gasteiger partial charge in [-0.1, -0.05) is 30.1 Å². The SMILES string of the molecule is COC[C@@H](C)c1c(NC(=O)Nc2cnc(-n3nccn3)c(Cl)c2)cnc2cc(Cl)nn12. The molecule has 0 radical (unpaired) electrons. The number of carbonyl (C=O) groups is 1. The highest BCUT2D eigenvalue weighted by Gasteiger charge is 2.19. The van der Waals surface area contributed by atoms with Gasteiger partial charge in [0.1, 0.15) is 0 Å². The molecule has 4 aromatic heterocycles. The molecule has 0 aromatic carbocycles. The third kappa shape index (κ3) is 4.43. The largest absolute Gasteiger partial charge is 0.384 e. The van der Waals surface area contributed by atoms with Crippen molar-refractivity contribution < 1.29 is 9.53 Å². The highest BCUT2D eigenvalue weighted by Crippen LogP contribution is 2.27. The number of anilines is 2. The number of amides is 2. The summed E-state index contributed by atoms with van der Waals surface area (Å²) in [4.78, 5) is 22.4. The van der Waals surface area contributed by atoms with Crippen LogP contribution in [0.15, 0.2) is 36.9 Å². The summed E-state index contributed by atoms with van der Waals surface area (Å²) in [7, 11) is 1.60. The number of pyridine rings is 1. The molecule has 0 aliphatic heterocycles. The zero-order valence-electron chi connectivity index (χ0n) is 16.5. The van der Waals surface area contributed by atoms with Crippen molar-refractivity contribution in [3.05, 3.63) is 52.8 Å². The van der Waals surface area contributed by atoms with Crippen molar-refractivity contribution in [3.63, 3.8) is 0 Å². The first-order chi connectivity index (χ1) is 15.0. The molecule has 0 unspecified atom stereocenters. The van der Waals surface area contributed by atoms with Gasteiger partial charge in [-0.15, -0.1) is 4.80 Å². The smallest absolute Gasteiger partial charge is 0.323 e. The molecule has 160 valence electrons. The fraction of sp³-hybridized carbons (Fsp3) is 0.222. The summed E-state index contributed by atoms with van der Waals surface area (Å²) in [5, 5.41) is 18.3. The van der Waals surface area contributed by atoms with E-state index in [9.17, 15) is 4.79 Å². The van der Waals surface area contributed by atoms with Gasteiger partial charge in [0.2, 0.25) is 0 Å². The predicted octanol–water partition coefficient (Wildman–Crippen LogP) is 3.41. The minimum atomic E-state index is -0.506. The van der Waals surface area contributed by atoms with E-state index >= 15 is 0 Å². The molecule has 31 heavy (non-hydrogen) atoms. The van der Waals surface area contributed by atoms with Gasteiger partial charge in [-0.05, 0) is 6.07 Å². The Bertz CT molecular complexity index is 1230. The minimum absolute atomic E-state index is 0.0984. The average molecular weight is 462 g/mol. The lowest BCUT2D eigenvalue weighted by Crippen LogP contribution is -2.23. The van der Waals surface area contributed by atoms with Gasteiger partial charge in [0, 0.05) is 19.1 Å². The molecule has 0 aliphatic rings. The highest BCUT2D eigenvalue weighted by molar-refractivity contribution is 6.32. The van der Waals surface area contributed by atoms with Crippen LogP contribution in [0.4, 0.5) is 16.2 Å². The molecule has 4 aromatic rings. The molecular weight excluding hydrogens is 445 g/mol. The maximum absolute atomic E-state index is 12.6. The Hall–Kier alpha value is -3.28. The number of nitrogens with zero attached hydrogens (tertiary/aromatic N) is 7. The number of urea groups is 1. The zero-order chi connectivity index (χ0) is 22.0. The number of hydrogen-bond donors (Lipinski definition) is 2. The maximum Gasteiger partial charge on any atom is 0.323 e. The lowest BCUT2D eigenvalue weighted by atomic mass is 10.1. The van der Waals surface area contributed by atoms with E-state index < -0.39 is 6.03 Å². The molecule has 13 heteroatoms. The van der Waals surface area contributed by atoms with Crippen LogP contribution >= 0.6 is 23.2 Å². The molecule has 1 atom stereocenters. The van der Waals surface area contributed by atoms with E-state index in [4.69, 9.17) is 27.9 Å². The quantitative estimate of drug-likeness (QED) is 0.450. The van der Waals surface area contributed by atoms with Crippen molar-refractivity contribution in [1.29, 1.82) is 0 Å². The number of nitrogens with one attached hydrogen (secondary N) is 2. The Morgan fingerprint density at radius 3 is 2.65 bits per heavy atom. The summed E-state index contributed by atoms with van der Waals surface area (Å²) in [6, 6.07) is 2.68. The molecule has 2 N–H and O–H groups in total. The van der Waals surface area contributed by atoms with Gasteiger partial charge in [-0.2, -0.15) is 15.3 Å². The van der Waals surface area contributed by atoms with Crippen LogP contribution in [0.3, 0.4) is 0 Å². The standard InChI is InChI=1S/C18H17Cl2N9O2/c1-10(9-31-2)16-13(8-21-15-6-14(20)27-28(15)16)26-18(30)25-11-5-12(19)17(22-7-11)29-23-3-4-24-29/h3-8,10H,9H2,1-2H3,(H2,25,26,30)/t10-/m1/s1. The van der Waals surface area contributed by atoms with Crippen LogP contribution in [0.2, 0.25) is 10.2 Å². The predicted molar refractivity (Wildman–Crippen MR) is 115 cm³/mol. The van der Waals surface area contributed by atoms with Gasteiger partial charge in [0.15, 0.2) is 16.6 Å². The van der Waals surface area contributed by atoms with Crippen molar-refractivity contribution in [3.8, 4) is 5.82 Å². The third-order valence-corrected chi connectivity index (χ3v) is 4.77.